The molecule has 0 aliphatic heterocycles. The van der Waals surface area contributed by atoms with Crippen LogP contribution in [0.2, 0.25) is 0 Å². The van der Waals surface area contributed by atoms with Crippen molar-refractivity contribution in [3.8, 4) is 0 Å². The Morgan fingerprint density at radius 2 is 2.11 bits per heavy atom. The number of amides is 2. The summed E-state index contributed by atoms with van der Waals surface area (Å²) in [5.41, 5.74) is 0.495. The fourth-order valence-corrected chi connectivity index (χ4v) is 2.04. The van der Waals surface area contributed by atoms with Gasteiger partial charge in [-0.3, -0.25) is 9.59 Å². The van der Waals surface area contributed by atoms with Crippen molar-refractivity contribution in [2.45, 2.75) is 11.8 Å². The van der Waals surface area contributed by atoms with Crippen LogP contribution in [-0.4, -0.2) is 36.9 Å². The molecule has 1 aromatic rings. The quantitative estimate of drug-likeness (QED) is 0.829. The summed E-state index contributed by atoms with van der Waals surface area (Å²) in [6.07, 6.45) is 0. The molecule has 0 aliphatic rings. The number of likely N-dealkylation sites (N-methyl/N-ethyl adjacent to an activating group) is 2. The number of thiol groups is 1. The van der Waals surface area contributed by atoms with Gasteiger partial charge in [-0.15, -0.1) is 12.6 Å². The van der Waals surface area contributed by atoms with Gasteiger partial charge in [-0.2, -0.15) is 0 Å². The normalized spacial score (nSPS) is 10.0. The summed E-state index contributed by atoms with van der Waals surface area (Å²) in [5, 5.41) is 2.65. The molecule has 0 saturated carbocycles. The molecule has 0 atom stereocenters. The SMILES string of the molecule is CCNC(=O)CN(C)C(=O)c1cc(S)ccc1Br. The first-order valence-electron chi connectivity index (χ1n) is 5.46. The lowest BCUT2D eigenvalue weighted by molar-refractivity contribution is -0.121. The second kappa shape index (κ2) is 6.80. The maximum Gasteiger partial charge on any atom is 0.255 e. The van der Waals surface area contributed by atoms with Crippen LogP contribution >= 0.6 is 28.6 Å². The van der Waals surface area contributed by atoms with Gasteiger partial charge in [-0.1, -0.05) is 0 Å². The summed E-state index contributed by atoms with van der Waals surface area (Å²) in [4.78, 5) is 25.6. The van der Waals surface area contributed by atoms with E-state index in [2.05, 4.69) is 33.9 Å². The van der Waals surface area contributed by atoms with E-state index in [1.165, 1.54) is 4.90 Å². The maximum atomic E-state index is 12.1. The number of rotatable bonds is 4. The van der Waals surface area contributed by atoms with Crippen LogP contribution in [0.5, 0.6) is 0 Å². The number of nitrogens with zero attached hydrogens (tertiary/aromatic N) is 1. The number of hydrogen-bond donors (Lipinski definition) is 2. The summed E-state index contributed by atoms with van der Waals surface area (Å²) in [7, 11) is 1.59. The zero-order valence-corrected chi connectivity index (χ0v) is 12.7. The lowest BCUT2D eigenvalue weighted by Crippen LogP contribution is -2.38. The molecule has 1 N–H and O–H groups in total. The lowest BCUT2D eigenvalue weighted by atomic mass is 10.2. The molecule has 6 heteroatoms. The standard InChI is InChI=1S/C12H15BrN2O2S/c1-3-14-11(16)7-15(2)12(17)9-6-8(18)4-5-10(9)13/h4-6,18H,3,7H2,1-2H3,(H,14,16). The van der Waals surface area contributed by atoms with Gasteiger partial charge in [0.05, 0.1) is 12.1 Å². The molecular weight excluding hydrogens is 316 g/mol. The Labute approximate surface area is 120 Å². The first-order chi connectivity index (χ1) is 8.45. The summed E-state index contributed by atoms with van der Waals surface area (Å²) in [6.45, 7) is 2.42. The molecule has 1 aromatic carbocycles. The molecule has 0 aromatic heterocycles. The van der Waals surface area contributed by atoms with Crippen molar-refractivity contribution in [3.05, 3.63) is 28.2 Å². The molecule has 0 aliphatic carbocycles. The zero-order chi connectivity index (χ0) is 13.7. The molecular formula is C12H15BrN2O2S. The van der Waals surface area contributed by atoms with Crippen molar-refractivity contribution in [1.29, 1.82) is 0 Å². The third-order valence-corrected chi connectivity index (χ3v) is 3.25. The number of halogens is 1. The first-order valence-corrected chi connectivity index (χ1v) is 6.70. The van der Waals surface area contributed by atoms with Gasteiger partial charge < -0.3 is 10.2 Å². The van der Waals surface area contributed by atoms with E-state index in [1.54, 1.807) is 25.2 Å². The van der Waals surface area contributed by atoms with Crippen molar-refractivity contribution >= 4 is 40.4 Å². The van der Waals surface area contributed by atoms with E-state index in [0.29, 0.717) is 21.5 Å². The number of carbonyl (C=O) groups is 2. The van der Waals surface area contributed by atoms with Gasteiger partial charge in [0, 0.05) is 23.0 Å². The predicted octanol–water partition coefficient (Wildman–Crippen LogP) is 1.95. The van der Waals surface area contributed by atoms with E-state index in [1.807, 2.05) is 6.92 Å². The summed E-state index contributed by atoms with van der Waals surface area (Å²) in [5.74, 6) is -0.393. The van der Waals surface area contributed by atoms with Crippen LogP contribution in [0.4, 0.5) is 0 Å². The van der Waals surface area contributed by atoms with E-state index in [-0.39, 0.29) is 18.4 Å². The van der Waals surface area contributed by atoms with Crippen molar-refractivity contribution in [3.63, 3.8) is 0 Å². The Bertz CT molecular complexity index is 465. The average Bonchev–Trinajstić information content (AvgIpc) is 2.31. The predicted molar refractivity (Wildman–Crippen MR) is 77.0 cm³/mol. The number of carbonyl (C=O) groups excluding carboxylic acids is 2. The van der Waals surface area contributed by atoms with E-state index < -0.39 is 0 Å². The highest BCUT2D eigenvalue weighted by molar-refractivity contribution is 9.10. The van der Waals surface area contributed by atoms with Crippen LogP contribution < -0.4 is 5.32 Å². The summed E-state index contributed by atoms with van der Waals surface area (Å²) in [6, 6.07) is 5.22. The first kappa shape index (κ1) is 15.0. The van der Waals surface area contributed by atoms with Gasteiger partial charge in [-0.25, -0.2) is 0 Å². The molecule has 0 bridgehead atoms. The molecule has 0 heterocycles. The molecule has 98 valence electrons. The Balaban J connectivity index is 2.80. The lowest BCUT2D eigenvalue weighted by Gasteiger charge is -2.17. The van der Waals surface area contributed by atoms with Gasteiger partial charge in [0.2, 0.25) is 5.91 Å². The minimum Gasteiger partial charge on any atom is -0.355 e. The van der Waals surface area contributed by atoms with Crippen LogP contribution in [0.15, 0.2) is 27.6 Å². The topological polar surface area (TPSA) is 49.4 Å². The Morgan fingerprint density at radius 3 is 2.72 bits per heavy atom. The van der Waals surface area contributed by atoms with Crippen LogP contribution in [0.25, 0.3) is 0 Å². The van der Waals surface area contributed by atoms with Crippen molar-refractivity contribution in [2.24, 2.45) is 0 Å². The highest BCUT2D eigenvalue weighted by atomic mass is 79.9. The van der Waals surface area contributed by atoms with Gasteiger partial charge in [0.1, 0.15) is 0 Å². The van der Waals surface area contributed by atoms with Crippen molar-refractivity contribution < 1.29 is 9.59 Å². The van der Waals surface area contributed by atoms with Crippen LogP contribution in [0.3, 0.4) is 0 Å². The second-order valence-electron chi connectivity index (χ2n) is 3.78. The maximum absolute atomic E-state index is 12.1. The van der Waals surface area contributed by atoms with Gasteiger partial charge in [-0.05, 0) is 41.1 Å². The van der Waals surface area contributed by atoms with Crippen LogP contribution in [0.1, 0.15) is 17.3 Å². The van der Waals surface area contributed by atoms with E-state index in [0.717, 1.165) is 0 Å². The molecule has 2 amide bonds. The van der Waals surface area contributed by atoms with Crippen LogP contribution in [0, 0.1) is 0 Å². The summed E-state index contributed by atoms with van der Waals surface area (Å²) >= 11 is 7.51. The summed E-state index contributed by atoms with van der Waals surface area (Å²) < 4.78 is 0.688. The fraction of sp³-hybridized carbons (Fsp3) is 0.333. The van der Waals surface area contributed by atoms with Crippen LogP contribution in [-0.2, 0) is 4.79 Å². The van der Waals surface area contributed by atoms with Gasteiger partial charge >= 0.3 is 0 Å². The Morgan fingerprint density at radius 1 is 1.44 bits per heavy atom. The smallest absolute Gasteiger partial charge is 0.255 e. The third kappa shape index (κ3) is 4.03. The molecule has 0 spiro atoms. The van der Waals surface area contributed by atoms with Gasteiger partial charge in [0.25, 0.3) is 5.91 Å². The Hall–Kier alpha value is -1.01. The molecule has 4 nitrogen and oxygen atoms in total. The number of nitrogens with one attached hydrogen (secondary N) is 1. The number of hydrogen-bond acceptors (Lipinski definition) is 3. The third-order valence-electron chi connectivity index (χ3n) is 2.28. The van der Waals surface area contributed by atoms with Crippen molar-refractivity contribution in [1.82, 2.24) is 10.2 Å². The van der Waals surface area contributed by atoms with Crippen molar-refractivity contribution in [2.75, 3.05) is 20.1 Å². The zero-order valence-electron chi connectivity index (χ0n) is 10.2. The minimum absolute atomic E-state index is 0.0376. The van der Waals surface area contributed by atoms with E-state index in [9.17, 15) is 9.59 Å². The Kier molecular flexibility index (Phi) is 5.68. The largest absolute Gasteiger partial charge is 0.355 e. The molecule has 0 fully saturated rings. The highest BCUT2D eigenvalue weighted by Crippen LogP contribution is 2.21. The van der Waals surface area contributed by atoms with E-state index in [4.69, 9.17) is 0 Å². The van der Waals surface area contributed by atoms with E-state index >= 15 is 0 Å². The molecule has 0 radical (unpaired) electrons. The molecule has 1 rings (SSSR count). The minimum atomic E-state index is -0.218. The number of benzene rings is 1. The molecule has 18 heavy (non-hydrogen) atoms. The second-order valence-corrected chi connectivity index (χ2v) is 5.15. The van der Waals surface area contributed by atoms with Gasteiger partial charge in [0.15, 0.2) is 0 Å². The molecule has 0 saturated heterocycles. The highest BCUT2D eigenvalue weighted by Gasteiger charge is 2.17. The monoisotopic (exact) mass is 330 g/mol. The molecule has 0 unspecified atom stereocenters. The fourth-order valence-electron chi connectivity index (χ4n) is 1.42. The average molecular weight is 331 g/mol.